The third kappa shape index (κ3) is 4.56. The number of carbonyl (C=O) groups is 2. The summed E-state index contributed by atoms with van der Waals surface area (Å²) in [4.78, 5) is 41.4. The molecule has 2 atom stereocenters. The van der Waals surface area contributed by atoms with Crippen molar-refractivity contribution in [3.05, 3.63) is 54.0 Å². The highest BCUT2D eigenvalue weighted by molar-refractivity contribution is 7.21. The van der Waals surface area contributed by atoms with Gasteiger partial charge < -0.3 is 20.5 Å². The zero-order chi connectivity index (χ0) is 25.4. The van der Waals surface area contributed by atoms with Crippen molar-refractivity contribution in [2.75, 3.05) is 17.6 Å². The molecule has 4 heterocycles. The van der Waals surface area contributed by atoms with E-state index in [0.717, 1.165) is 45.0 Å². The van der Waals surface area contributed by atoms with Crippen molar-refractivity contribution in [2.24, 2.45) is 13.0 Å². The van der Waals surface area contributed by atoms with Gasteiger partial charge in [0.1, 0.15) is 5.82 Å². The Balaban J connectivity index is 1.40. The van der Waals surface area contributed by atoms with Crippen LogP contribution in [-0.2, 0) is 23.1 Å². The molecule has 0 bridgehead atoms. The first-order chi connectivity index (χ1) is 17.3. The monoisotopic (exact) mass is 503 g/mol. The molecule has 2 amide bonds. The van der Waals surface area contributed by atoms with E-state index in [9.17, 15) is 9.59 Å². The number of piperidine rings is 1. The number of thiazole rings is 1. The van der Waals surface area contributed by atoms with Gasteiger partial charge in [-0.2, -0.15) is 0 Å². The number of pyridine rings is 1. The fourth-order valence-electron chi connectivity index (χ4n) is 4.73. The topological polar surface area (TPSA) is 119 Å². The average Bonchev–Trinajstić information content (AvgIpc) is 3.49. The van der Waals surface area contributed by atoms with Crippen LogP contribution >= 0.6 is 11.3 Å². The number of rotatable bonds is 4. The first-order valence-electron chi connectivity index (χ1n) is 12.1. The SMILES string of the molecule is CCc1cc(NC(=O)C(=O)N2C[C@@H](C)CC[C@@H]2c2ccc3sc(-c4nccn4C)nc3c2)cnc1N. The van der Waals surface area contributed by atoms with Gasteiger partial charge >= 0.3 is 11.8 Å². The lowest BCUT2D eigenvalue weighted by atomic mass is 9.89. The molecular formula is C26H29N7O2S. The number of hydrogen-bond donors (Lipinski definition) is 2. The van der Waals surface area contributed by atoms with Gasteiger partial charge in [0.25, 0.3) is 0 Å². The van der Waals surface area contributed by atoms with E-state index < -0.39 is 11.8 Å². The van der Waals surface area contributed by atoms with Gasteiger partial charge in [-0.25, -0.2) is 15.0 Å². The number of fused-ring (bicyclic) bond motifs is 1. The van der Waals surface area contributed by atoms with Crippen LogP contribution in [0.3, 0.4) is 0 Å². The number of carbonyl (C=O) groups excluding carboxylic acids is 2. The van der Waals surface area contributed by atoms with Crippen molar-refractivity contribution in [2.45, 2.75) is 39.2 Å². The molecule has 3 aromatic heterocycles. The van der Waals surface area contributed by atoms with Crippen LogP contribution in [0.15, 0.2) is 42.9 Å². The molecule has 5 rings (SSSR count). The molecule has 4 aromatic rings. The predicted molar refractivity (Wildman–Crippen MR) is 141 cm³/mol. The summed E-state index contributed by atoms with van der Waals surface area (Å²) < 4.78 is 3.00. The van der Waals surface area contributed by atoms with Crippen molar-refractivity contribution in [1.82, 2.24) is 24.4 Å². The van der Waals surface area contributed by atoms with Crippen molar-refractivity contribution < 1.29 is 9.59 Å². The number of nitrogens with zero attached hydrogens (tertiary/aromatic N) is 5. The Morgan fingerprint density at radius 1 is 1.22 bits per heavy atom. The molecule has 3 N–H and O–H groups in total. The number of anilines is 2. The van der Waals surface area contributed by atoms with Gasteiger partial charge in [0.15, 0.2) is 10.8 Å². The summed E-state index contributed by atoms with van der Waals surface area (Å²) in [6.45, 7) is 4.58. The molecule has 186 valence electrons. The highest BCUT2D eigenvalue weighted by Gasteiger charge is 2.34. The minimum Gasteiger partial charge on any atom is -0.383 e. The highest BCUT2D eigenvalue weighted by Crippen LogP contribution is 2.36. The van der Waals surface area contributed by atoms with E-state index in [4.69, 9.17) is 10.7 Å². The van der Waals surface area contributed by atoms with E-state index in [-0.39, 0.29) is 6.04 Å². The van der Waals surface area contributed by atoms with E-state index in [1.54, 1.807) is 28.5 Å². The Bertz CT molecular complexity index is 1440. The Morgan fingerprint density at radius 3 is 2.81 bits per heavy atom. The average molecular weight is 504 g/mol. The normalized spacial score (nSPS) is 17.9. The maximum absolute atomic E-state index is 13.4. The maximum atomic E-state index is 13.4. The quantitative estimate of drug-likeness (QED) is 0.403. The second-order valence-electron chi connectivity index (χ2n) is 9.34. The predicted octanol–water partition coefficient (Wildman–Crippen LogP) is 4.17. The lowest BCUT2D eigenvalue weighted by Gasteiger charge is -2.38. The summed E-state index contributed by atoms with van der Waals surface area (Å²) in [6, 6.07) is 7.69. The fraction of sp³-hybridized carbons (Fsp3) is 0.346. The molecule has 1 aromatic carbocycles. The molecule has 0 unspecified atom stereocenters. The Hall–Kier alpha value is -3.79. The minimum atomic E-state index is -0.672. The van der Waals surface area contributed by atoms with Crippen LogP contribution in [0.4, 0.5) is 11.5 Å². The number of nitrogens with two attached hydrogens (primary N) is 1. The summed E-state index contributed by atoms with van der Waals surface area (Å²) in [7, 11) is 1.95. The van der Waals surface area contributed by atoms with E-state index in [1.807, 2.05) is 42.9 Å². The summed E-state index contributed by atoms with van der Waals surface area (Å²) in [5.41, 5.74) is 9.01. The molecule has 1 fully saturated rings. The number of aromatic nitrogens is 4. The fourth-order valence-corrected chi connectivity index (χ4v) is 5.72. The molecule has 0 saturated carbocycles. The van der Waals surface area contributed by atoms with Crippen molar-refractivity contribution in [3.63, 3.8) is 0 Å². The summed E-state index contributed by atoms with van der Waals surface area (Å²) in [6.07, 6.45) is 7.58. The lowest BCUT2D eigenvalue weighted by molar-refractivity contribution is -0.146. The smallest absolute Gasteiger partial charge is 0.313 e. The Kier molecular flexibility index (Phi) is 6.44. The van der Waals surface area contributed by atoms with Gasteiger partial charge in [-0.15, -0.1) is 11.3 Å². The number of amides is 2. The number of imidazole rings is 1. The molecule has 0 spiro atoms. The third-order valence-corrected chi connectivity index (χ3v) is 7.75. The van der Waals surface area contributed by atoms with Gasteiger partial charge in [-0.1, -0.05) is 19.9 Å². The first-order valence-corrected chi connectivity index (χ1v) is 12.9. The van der Waals surface area contributed by atoms with Crippen LogP contribution in [0.5, 0.6) is 0 Å². The molecule has 1 aliphatic rings. The summed E-state index contributed by atoms with van der Waals surface area (Å²) in [5.74, 6) is 0.334. The lowest BCUT2D eigenvalue weighted by Crippen LogP contribution is -2.46. The second-order valence-corrected chi connectivity index (χ2v) is 10.4. The number of aryl methyl sites for hydroxylation is 2. The molecule has 0 radical (unpaired) electrons. The molecule has 1 aliphatic heterocycles. The van der Waals surface area contributed by atoms with E-state index in [2.05, 4.69) is 22.2 Å². The van der Waals surface area contributed by atoms with Crippen LogP contribution < -0.4 is 11.1 Å². The van der Waals surface area contributed by atoms with E-state index in [0.29, 0.717) is 30.4 Å². The summed E-state index contributed by atoms with van der Waals surface area (Å²) >= 11 is 1.59. The van der Waals surface area contributed by atoms with Gasteiger partial charge in [-0.05, 0) is 54.5 Å². The maximum Gasteiger partial charge on any atom is 0.313 e. The largest absolute Gasteiger partial charge is 0.383 e. The van der Waals surface area contributed by atoms with Crippen LogP contribution in [0.25, 0.3) is 21.0 Å². The van der Waals surface area contributed by atoms with Crippen molar-refractivity contribution in [3.8, 4) is 10.8 Å². The van der Waals surface area contributed by atoms with Gasteiger partial charge in [0, 0.05) is 26.0 Å². The van der Waals surface area contributed by atoms with Crippen LogP contribution in [0, 0.1) is 5.92 Å². The van der Waals surface area contributed by atoms with Crippen molar-refractivity contribution in [1.29, 1.82) is 0 Å². The zero-order valence-corrected chi connectivity index (χ0v) is 21.4. The zero-order valence-electron chi connectivity index (χ0n) is 20.6. The molecule has 0 aliphatic carbocycles. The van der Waals surface area contributed by atoms with Crippen LogP contribution in [-0.4, -0.2) is 42.8 Å². The molecule has 10 heteroatoms. The number of nitrogens with one attached hydrogen (secondary N) is 1. The molecule has 1 saturated heterocycles. The highest BCUT2D eigenvalue weighted by atomic mass is 32.1. The molecular weight excluding hydrogens is 474 g/mol. The minimum absolute atomic E-state index is 0.196. The van der Waals surface area contributed by atoms with E-state index >= 15 is 0 Å². The number of hydrogen-bond acceptors (Lipinski definition) is 7. The Morgan fingerprint density at radius 2 is 2.06 bits per heavy atom. The number of benzene rings is 1. The van der Waals surface area contributed by atoms with E-state index in [1.165, 1.54) is 6.20 Å². The number of nitrogen functional groups attached to an aromatic ring is 1. The van der Waals surface area contributed by atoms with Gasteiger partial charge in [-0.3, -0.25) is 9.59 Å². The Labute approximate surface area is 213 Å². The number of likely N-dealkylation sites (tertiary alicyclic amines) is 1. The first kappa shape index (κ1) is 23.9. The molecule has 9 nitrogen and oxygen atoms in total. The standard InChI is InChI=1S/C26H29N7O2S/c1-4-16-11-18(13-29-22(16)27)30-24(34)26(35)33-14-15(2)5-7-20(33)17-6-8-21-19(12-17)31-25(36-21)23-28-9-10-32(23)3/h6,8-13,15,20H,4-5,7,14H2,1-3H3,(H2,27,29)(H,30,34)/t15-,20+/m0/s1. The van der Waals surface area contributed by atoms with Crippen LogP contribution in [0.2, 0.25) is 0 Å². The second kappa shape index (κ2) is 9.69. The van der Waals surface area contributed by atoms with Crippen LogP contribution in [0.1, 0.15) is 43.9 Å². The van der Waals surface area contributed by atoms with Gasteiger partial charge in [0.05, 0.1) is 28.1 Å². The third-order valence-electron chi connectivity index (χ3n) is 6.72. The van der Waals surface area contributed by atoms with Gasteiger partial charge in [0.2, 0.25) is 0 Å². The van der Waals surface area contributed by atoms with Crippen molar-refractivity contribution >= 4 is 44.9 Å². The molecule has 36 heavy (non-hydrogen) atoms. The summed E-state index contributed by atoms with van der Waals surface area (Å²) in [5, 5.41) is 3.56.